The van der Waals surface area contributed by atoms with E-state index in [9.17, 15) is 4.79 Å². The molecular weight excluding hydrogens is 442 g/mol. The molecule has 0 radical (unpaired) electrons. The zero-order valence-electron chi connectivity index (χ0n) is 16.2. The number of benzene rings is 2. The first-order valence-electron chi connectivity index (χ1n) is 8.67. The summed E-state index contributed by atoms with van der Waals surface area (Å²) >= 11 is 4.99. The topological polar surface area (TPSA) is 54.9 Å². The Bertz CT molecular complexity index is 990. The van der Waals surface area contributed by atoms with E-state index in [4.69, 9.17) is 9.47 Å². The predicted molar refractivity (Wildman–Crippen MR) is 117 cm³/mol. The van der Waals surface area contributed by atoms with E-state index in [0.717, 1.165) is 21.2 Å². The highest BCUT2D eigenvalue weighted by atomic mass is 79.9. The van der Waals surface area contributed by atoms with Crippen LogP contribution in [0.4, 0.5) is 5.13 Å². The van der Waals surface area contributed by atoms with Gasteiger partial charge in [0.1, 0.15) is 0 Å². The van der Waals surface area contributed by atoms with Crippen LogP contribution in [-0.4, -0.2) is 57.2 Å². The molecule has 0 aliphatic carbocycles. The van der Waals surface area contributed by atoms with Gasteiger partial charge in [-0.2, -0.15) is 0 Å². The van der Waals surface area contributed by atoms with Crippen LogP contribution in [0.5, 0.6) is 11.5 Å². The number of likely N-dealkylation sites (N-methyl/N-ethyl adjacent to an activating group) is 1. The van der Waals surface area contributed by atoms with Crippen molar-refractivity contribution in [3.8, 4) is 11.5 Å². The highest BCUT2D eigenvalue weighted by molar-refractivity contribution is 9.10. The summed E-state index contributed by atoms with van der Waals surface area (Å²) in [6.07, 6.45) is 0. The number of amides is 1. The number of ether oxygens (including phenoxy) is 2. The van der Waals surface area contributed by atoms with Gasteiger partial charge < -0.3 is 14.4 Å². The molecule has 1 heterocycles. The van der Waals surface area contributed by atoms with Gasteiger partial charge in [0.05, 0.1) is 24.4 Å². The number of thiazole rings is 1. The fraction of sp³-hybridized carbons (Fsp3) is 0.300. The Labute approximate surface area is 176 Å². The minimum atomic E-state index is -0.124. The summed E-state index contributed by atoms with van der Waals surface area (Å²) in [7, 11) is 7.09. The van der Waals surface area contributed by atoms with E-state index in [1.807, 2.05) is 37.2 Å². The maximum Gasteiger partial charge on any atom is 0.260 e. The minimum absolute atomic E-state index is 0.124. The van der Waals surface area contributed by atoms with E-state index in [1.165, 1.54) is 11.3 Å². The molecule has 2 aromatic carbocycles. The predicted octanol–water partition coefficient (Wildman–Crippen LogP) is 4.28. The number of hydrogen-bond donors (Lipinski definition) is 0. The van der Waals surface area contributed by atoms with Crippen LogP contribution in [0.2, 0.25) is 0 Å². The van der Waals surface area contributed by atoms with E-state index in [-0.39, 0.29) is 5.91 Å². The standard InChI is InChI=1S/C20H22BrN3O3S/c1-23(2)9-10-24(20-22-15-7-6-14(21)12-18(15)28-20)19(25)13-5-8-16(26-3)17(11-13)27-4/h5-8,11-12H,9-10H2,1-4H3. The van der Waals surface area contributed by atoms with E-state index < -0.39 is 0 Å². The normalized spacial score (nSPS) is 11.1. The third kappa shape index (κ3) is 4.45. The van der Waals surface area contributed by atoms with Crippen LogP contribution < -0.4 is 14.4 Å². The number of rotatable bonds is 7. The zero-order chi connectivity index (χ0) is 20.3. The Morgan fingerprint density at radius 3 is 2.50 bits per heavy atom. The molecule has 1 amide bonds. The van der Waals surface area contributed by atoms with Crippen molar-refractivity contribution in [2.45, 2.75) is 0 Å². The van der Waals surface area contributed by atoms with Crippen LogP contribution in [0, 0.1) is 0 Å². The van der Waals surface area contributed by atoms with Crippen molar-refractivity contribution in [2.75, 3.05) is 46.3 Å². The molecular formula is C20H22BrN3O3S. The molecule has 3 aromatic rings. The SMILES string of the molecule is COc1ccc(C(=O)N(CCN(C)C)c2nc3ccc(Br)cc3s2)cc1OC. The highest BCUT2D eigenvalue weighted by Gasteiger charge is 2.22. The summed E-state index contributed by atoms with van der Waals surface area (Å²) in [4.78, 5) is 21.8. The van der Waals surface area contributed by atoms with Crippen LogP contribution >= 0.6 is 27.3 Å². The highest BCUT2D eigenvalue weighted by Crippen LogP contribution is 2.33. The molecule has 6 nitrogen and oxygen atoms in total. The van der Waals surface area contributed by atoms with Crippen molar-refractivity contribution in [1.29, 1.82) is 0 Å². The zero-order valence-corrected chi connectivity index (χ0v) is 18.6. The van der Waals surface area contributed by atoms with Gasteiger partial charge in [0.15, 0.2) is 16.6 Å². The second kappa shape index (κ2) is 8.89. The van der Waals surface area contributed by atoms with E-state index >= 15 is 0 Å². The molecule has 3 rings (SSSR count). The van der Waals surface area contributed by atoms with Gasteiger partial charge >= 0.3 is 0 Å². The summed E-state index contributed by atoms with van der Waals surface area (Å²) in [5, 5.41) is 0.676. The molecule has 0 spiro atoms. The summed E-state index contributed by atoms with van der Waals surface area (Å²) in [5.41, 5.74) is 1.40. The molecule has 148 valence electrons. The Balaban J connectivity index is 1.99. The minimum Gasteiger partial charge on any atom is -0.493 e. The Kier molecular flexibility index (Phi) is 6.53. The number of halogens is 1. The molecule has 28 heavy (non-hydrogen) atoms. The van der Waals surface area contributed by atoms with Crippen LogP contribution in [0.15, 0.2) is 40.9 Å². The van der Waals surface area contributed by atoms with Crippen molar-refractivity contribution in [3.05, 3.63) is 46.4 Å². The molecule has 0 atom stereocenters. The molecule has 0 unspecified atom stereocenters. The van der Waals surface area contributed by atoms with E-state index in [2.05, 4.69) is 20.9 Å². The first kappa shape index (κ1) is 20.6. The van der Waals surface area contributed by atoms with Crippen molar-refractivity contribution in [1.82, 2.24) is 9.88 Å². The van der Waals surface area contributed by atoms with Crippen LogP contribution in [-0.2, 0) is 0 Å². The number of nitrogens with zero attached hydrogens (tertiary/aromatic N) is 3. The molecule has 0 bridgehead atoms. The van der Waals surface area contributed by atoms with Gasteiger partial charge in [-0.15, -0.1) is 0 Å². The smallest absolute Gasteiger partial charge is 0.260 e. The Morgan fingerprint density at radius 1 is 1.07 bits per heavy atom. The summed E-state index contributed by atoms with van der Waals surface area (Å²) in [6.45, 7) is 1.25. The summed E-state index contributed by atoms with van der Waals surface area (Å²) in [6, 6.07) is 11.1. The molecule has 0 saturated heterocycles. The summed E-state index contributed by atoms with van der Waals surface area (Å²) in [5.74, 6) is 0.985. The number of carbonyl (C=O) groups excluding carboxylic acids is 1. The average Bonchev–Trinajstić information content (AvgIpc) is 3.09. The Hall–Kier alpha value is -2.16. The first-order valence-corrected chi connectivity index (χ1v) is 10.3. The lowest BCUT2D eigenvalue weighted by atomic mass is 10.1. The van der Waals surface area contributed by atoms with Crippen LogP contribution in [0.1, 0.15) is 10.4 Å². The van der Waals surface area contributed by atoms with Crippen LogP contribution in [0.3, 0.4) is 0 Å². The van der Waals surface area contributed by atoms with E-state index in [1.54, 1.807) is 37.3 Å². The van der Waals surface area contributed by atoms with Crippen LogP contribution in [0.25, 0.3) is 10.2 Å². The second-order valence-electron chi connectivity index (χ2n) is 6.44. The van der Waals surface area contributed by atoms with Crippen molar-refractivity contribution >= 4 is 48.5 Å². The van der Waals surface area contributed by atoms with Crippen molar-refractivity contribution < 1.29 is 14.3 Å². The van der Waals surface area contributed by atoms with Gasteiger partial charge in [-0.3, -0.25) is 9.69 Å². The fourth-order valence-electron chi connectivity index (χ4n) is 2.71. The average molecular weight is 464 g/mol. The monoisotopic (exact) mass is 463 g/mol. The molecule has 0 saturated carbocycles. The van der Waals surface area contributed by atoms with Gasteiger partial charge in [-0.05, 0) is 50.5 Å². The number of hydrogen-bond acceptors (Lipinski definition) is 6. The maximum absolute atomic E-state index is 13.3. The van der Waals surface area contributed by atoms with Gasteiger partial charge in [0.2, 0.25) is 0 Å². The molecule has 8 heteroatoms. The summed E-state index contributed by atoms with van der Waals surface area (Å²) < 4.78 is 12.6. The molecule has 0 aliphatic heterocycles. The number of fused-ring (bicyclic) bond motifs is 1. The molecule has 0 N–H and O–H groups in total. The third-order valence-electron chi connectivity index (χ3n) is 4.22. The van der Waals surface area contributed by atoms with E-state index in [0.29, 0.717) is 28.7 Å². The van der Waals surface area contributed by atoms with Gasteiger partial charge in [-0.1, -0.05) is 27.3 Å². The maximum atomic E-state index is 13.3. The molecule has 0 fully saturated rings. The lowest BCUT2D eigenvalue weighted by molar-refractivity contribution is 0.0985. The second-order valence-corrected chi connectivity index (χ2v) is 8.36. The third-order valence-corrected chi connectivity index (χ3v) is 5.75. The molecule has 0 aliphatic rings. The fourth-order valence-corrected chi connectivity index (χ4v) is 4.25. The number of methoxy groups -OCH3 is 2. The van der Waals surface area contributed by atoms with Gasteiger partial charge in [0, 0.05) is 23.1 Å². The Morgan fingerprint density at radius 2 is 1.82 bits per heavy atom. The quantitative estimate of drug-likeness (QED) is 0.523. The molecule has 1 aromatic heterocycles. The lowest BCUT2D eigenvalue weighted by Crippen LogP contribution is -2.36. The van der Waals surface area contributed by atoms with Crippen molar-refractivity contribution in [2.24, 2.45) is 0 Å². The van der Waals surface area contributed by atoms with Crippen molar-refractivity contribution in [3.63, 3.8) is 0 Å². The largest absolute Gasteiger partial charge is 0.493 e. The van der Waals surface area contributed by atoms with Gasteiger partial charge in [0.25, 0.3) is 5.91 Å². The number of carbonyl (C=O) groups is 1. The number of aromatic nitrogens is 1. The number of anilines is 1. The van der Waals surface area contributed by atoms with Gasteiger partial charge in [-0.25, -0.2) is 4.98 Å². The first-order chi connectivity index (χ1) is 13.4. The lowest BCUT2D eigenvalue weighted by Gasteiger charge is -2.22.